The summed E-state index contributed by atoms with van der Waals surface area (Å²) in [4.78, 5) is 0. The molecule has 3 fully saturated rings. The second kappa shape index (κ2) is 3.20. The van der Waals surface area contributed by atoms with E-state index < -0.39 is 5.72 Å². The summed E-state index contributed by atoms with van der Waals surface area (Å²) in [5.74, 6) is 0.589. The lowest BCUT2D eigenvalue weighted by Gasteiger charge is -2.52. The van der Waals surface area contributed by atoms with Crippen LogP contribution in [-0.4, -0.2) is 15.2 Å². The van der Waals surface area contributed by atoms with Crippen molar-refractivity contribution >= 4 is 21.6 Å². The van der Waals surface area contributed by atoms with Gasteiger partial charge in [0.25, 0.3) is 0 Å². The van der Waals surface area contributed by atoms with Gasteiger partial charge in [-0.25, -0.2) is 0 Å². The van der Waals surface area contributed by atoms with Gasteiger partial charge in [0.1, 0.15) is 0 Å². The van der Waals surface area contributed by atoms with Crippen LogP contribution in [0.2, 0.25) is 0 Å². The maximum Gasteiger partial charge on any atom is 0.157 e. The van der Waals surface area contributed by atoms with E-state index in [1.165, 1.54) is 6.42 Å². The van der Waals surface area contributed by atoms with Gasteiger partial charge < -0.3 is 10.4 Å². The fraction of sp³-hybridized carbons (Fsp3) is 0.625. The van der Waals surface area contributed by atoms with Crippen LogP contribution in [0.5, 0.6) is 0 Å². The second-order valence-electron chi connectivity index (χ2n) is 7.08. The van der Waals surface area contributed by atoms with E-state index in [2.05, 4.69) is 35.1 Å². The summed E-state index contributed by atoms with van der Waals surface area (Å²) in [6.07, 6.45) is 3.41. The lowest BCUT2D eigenvalue weighted by Crippen LogP contribution is -2.62. The van der Waals surface area contributed by atoms with Crippen molar-refractivity contribution in [3.05, 3.63) is 30.3 Å². The molecule has 3 saturated carbocycles. The van der Waals surface area contributed by atoms with Gasteiger partial charge in [-0.2, -0.15) is 0 Å². The Hall–Kier alpha value is -0.540. The van der Waals surface area contributed by atoms with Gasteiger partial charge in [-0.15, -0.1) is 0 Å². The molecule has 3 aliphatic rings. The summed E-state index contributed by atoms with van der Waals surface area (Å²) in [5.41, 5.74) is 0.377. The number of alkyl halides is 1. The Labute approximate surface area is 122 Å². The van der Waals surface area contributed by atoms with E-state index in [1.54, 1.807) is 0 Å². The lowest BCUT2D eigenvalue weighted by atomic mass is 9.60. The van der Waals surface area contributed by atoms with Gasteiger partial charge in [0.05, 0.1) is 4.32 Å². The van der Waals surface area contributed by atoms with Gasteiger partial charge in [0.15, 0.2) is 5.72 Å². The molecule has 1 aromatic carbocycles. The molecule has 0 heterocycles. The van der Waals surface area contributed by atoms with E-state index in [0.29, 0.717) is 5.92 Å². The highest BCUT2D eigenvalue weighted by Crippen LogP contribution is 2.86. The first kappa shape index (κ1) is 12.2. The molecule has 0 unspecified atom stereocenters. The highest BCUT2D eigenvalue weighted by molar-refractivity contribution is 9.10. The molecular weight excluding hydrogens is 302 g/mol. The topological polar surface area (TPSA) is 32.3 Å². The van der Waals surface area contributed by atoms with Crippen molar-refractivity contribution in [3.8, 4) is 0 Å². The van der Waals surface area contributed by atoms with Crippen molar-refractivity contribution in [2.75, 3.05) is 5.32 Å². The molecule has 3 aliphatic carbocycles. The number of aliphatic hydroxyl groups is 1. The average molecular weight is 322 g/mol. The smallest absolute Gasteiger partial charge is 0.157 e. The molecule has 4 rings (SSSR count). The second-order valence-corrected chi connectivity index (χ2v) is 8.50. The van der Waals surface area contributed by atoms with Gasteiger partial charge in [-0.05, 0) is 42.7 Å². The summed E-state index contributed by atoms with van der Waals surface area (Å²) < 4.78 is -0.155. The molecule has 0 saturated heterocycles. The van der Waals surface area contributed by atoms with Crippen LogP contribution in [0.3, 0.4) is 0 Å². The quantitative estimate of drug-likeness (QED) is 0.642. The van der Waals surface area contributed by atoms with Crippen molar-refractivity contribution in [2.45, 2.75) is 43.2 Å². The number of para-hydroxylation sites is 1. The van der Waals surface area contributed by atoms with Crippen LogP contribution in [0.25, 0.3) is 0 Å². The Morgan fingerprint density at radius 3 is 2.53 bits per heavy atom. The van der Waals surface area contributed by atoms with Gasteiger partial charge in [-0.3, -0.25) is 0 Å². The van der Waals surface area contributed by atoms with E-state index in [4.69, 9.17) is 0 Å². The van der Waals surface area contributed by atoms with Gasteiger partial charge in [0, 0.05) is 11.1 Å². The minimum atomic E-state index is -0.848. The zero-order valence-electron chi connectivity index (χ0n) is 11.4. The first-order valence-electron chi connectivity index (χ1n) is 7.12. The van der Waals surface area contributed by atoms with Crippen LogP contribution in [0.1, 0.15) is 33.1 Å². The van der Waals surface area contributed by atoms with E-state index in [-0.39, 0.29) is 15.2 Å². The van der Waals surface area contributed by atoms with Crippen molar-refractivity contribution in [1.82, 2.24) is 0 Å². The van der Waals surface area contributed by atoms with Crippen molar-refractivity contribution < 1.29 is 5.11 Å². The Morgan fingerprint density at radius 1 is 1.26 bits per heavy atom. The van der Waals surface area contributed by atoms with Gasteiger partial charge in [0.2, 0.25) is 0 Å². The SMILES string of the molecule is C[C@@]12CC[C@H]3[C@@]1(C)C[C@@]3(Br)[C@]2(O)Nc1ccccc1. The van der Waals surface area contributed by atoms with Crippen LogP contribution >= 0.6 is 15.9 Å². The number of anilines is 1. The number of benzene rings is 1. The number of hydrogen-bond donors (Lipinski definition) is 2. The summed E-state index contributed by atoms with van der Waals surface area (Å²) in [6.45, 7) is 4.62. The van der Waals surface area contributed by atoms with E-state index in [9.17, 15) is 5.11 Å². The number of nitrogens with one attached hydrogen (secondary N) is 1. The highest BCUT2D eigenvalue weighted by Gasteiger charge is 2.88. The average Bonchev–Trinajstić information content (AvgIpc) is 2.69. The first-order valence-corrected chi connectivity index (χ1v) is 7.91. The van der Waals surface area contributed by atoms with Crippen molar-refractivity contribution in [3.63, 3.8) is 0 Å². The van der Waals surface area contributed by atoms with Crippen LogP contribution in [0.15, 0.2) is 30.3 Å². The van der Waals surface area contributed by atoms with E-state index in [0.717, 1.165) is 18.5 Å². The molecule has 4 bridgehead atoms. The van der Waals surface area contributed by atoms with Crippen LogP contribution in [0, 0.1) is 16.7 Å². The third kappa shape index (κ3) is 1.04. The molecule has 0 aliphatic heterocycles. The predicted molar refractivity (Wildman–Crippen MR) is 80.2 cm³/mol. The Morgan fingerprint density at radius 2 is 1.95 bits per heavy atom. The maximum absolute atomic E-state index is 11.5. The molecule has 1 aromatic rings. The molecule has 2 N–H and O–H groups in total. The molecule has 0 aromatic heterocycles. The molecular formula is C16H20BrNO. The van der Waals surface area contributed by atoms with E-state index >= 15 is 0 Å². The first-order chi connectivity index (χ1) is 8.87. The maximum atomic E-state index is 11.5. The van der Waals surface area contributed by atoms with Crippen LogP contribution < -0.4 is 5.32 Å². The number of rotatable bonds is 2. The molecule has 102 valence electrons. The largest absolute Gasteiger partial charge is 0.369 e. The fourth-order valence-corrected chi connectivity index (χ4v) is 7.26. The zero-order chi connectivity index (χ0) is 13.5. The number of hydrogen-bond acceptors (Lipinski definition) is 2. The van der Waals surface area contributed by atoms with Crippen LogP contribution in [-0.2, 0) is 0 Å². The van der Waals surface area contributed by atoms with Crippen LogP contribution in [0.4, 0.5) is 5.69 Å². The molecule has 3 heteroatoms. The Bertz CT molecular complexity index is 549. The van der Waals surface area contributed by atoms with E-state index in [1.807, 2.05) is 30.3 Å². The molecule has 0 radical (unpaired) electrons. The lowest BCUT2D eigenvalue weighted by molar-refractivity contribution is -0.0450. The summed E-state index contributed by atoms with van der Waals surface area (Å²) >= 11 is 3.90. The molecule has 0 spiro atoms. The summed E-state index contributed by atoms with van der Waals surface area (Å²) in [6, 6.07) is 10.1. The zero-order valence-corrected chi connectivity index (χ0v) is 13.0. The van der Waals surface area contributed by atoms with Crippen molar-refractivity contribution in [2.24, 2.45) is 16.7 Å². The summed E-state index contributed by atoms with van der Waals surface area (Å²) in [7, 11) is 0. The summed E-state index contributed by atoms with van der Waals surface area (Å²) in [5, 5.41) is 14.9. The molecule has 19 heavy (non-hydrogen) atoms. The normalized spacial score (nSPS) is 54.0. The minimum Gasteiger partial charge on any atom is -0.369 e. The predicted octanol–water partition coefficient (Wildman–Crippen LogP) is 3.76. The standard InChI is InChI=1S/C16H20BrNO/c1-13-10-15(17)12(13)8-9-14(13,2)16(15,19)18-11-6-4-3-5-7-11/h3-7,12,18-19H,8-10H2,1-2H3/t12-,13+,14+,15-,16-/m0/s1. The Balaban J connectivity index is 1.79. The number of halogens is 1. The highest BCUT2D eigenvalue weighted by atomic mass is 79.9. The van der Waals surface area contributed by atoms with Crippen molar-refractivity contribution in [1.29, 1.82) is 0 Å². The molecule has 0 amide bonds. The third-order valence-corrected chi connectivity index (χ3v) is 8.05. The van der Waals surface area contributed by atoms with Gasteiger partial charge in [-0.1, -0.05) is 48.0 Å². The fourth-order valence-electron chi connectivity index (χ4n) is 5.41. The monoisotopic (exact) mass is 321 g/mol. The third-order valence-electron chi connectivity index (χ3n) is 6.64. The molecule has 5 atom stereocenters. The van der Waals surface area contributed by atoms with Gasteiger partial charge >= 0.3 is 0 Å². The Kier molecular flexibility index (Phi) is 2.06. The molecule has 2 nitrogen and oxygen atoms in total. The minimum absolute atomic E-state index is 0.0516.